The molecule has 1 aromatic carbocycles. The van der Waals surface area contributed by atoms with Crippen molar-refractivity contribution in [2.45, 2.75) is 32.6 Å². The van der Waals surface area contributed by atoms with Gasteiger partial charge in [0.2, 0.25) is 0 Å². The first-order chi connectivity index (χ1) is 10.1. The largest absolute Gasteiger partial charge is 0.503 e. The van der Waals surface area contributed by atoms with Crippen molar-refractivity contribution in [3.05, 3.63) is 54.1 Å². The standard InChI is InChI=1S/C16H22O.CH2O3/c1-3-4-5-6-7-8-9-11-15-12-10-13-16(14-15)17-2;2-1(3)4/h6-10,12-14H,3-5,11H2,1-2H3;(H2,2,3,4)/b7-6+,9-8+;. The molecule has 0 spiro atoms. The van der Waals surface area contributed by atoms with Crippen LogP contribution in [0.4, 0.5) is 4.79 Å². The van der Waals surface area contributed by atoms with Crippen molar-refractivity contribution in [1.29, 1.82) is 0 Å². The minimum absolute atomic E-state index is 0.925. The van der Waals surface area contributed by atoms with Crippen LogP contribution >= 0.6 is 0 Å². The van der Waals surface area contributed by atoms with E-state index in [1.54, 1.807) is 7.11 Å². The molecule has 1 rings (SSSR count). The lowest BCUT2D eigenvalue weighted by Gasteiger charge is -2.01. The Hall–Kier alpha value is -2.23. The van der Waals surface area contributed by atoms with Gasteiger partial charge in [-0.1, -0.05) is 56.2 Å². The Morgan fingerprint density at radius 2 is 1.90 bits per heavy atom. The van der Waals surface area contributed by atoms with Crippen LogP contribution in [0, 0.1) is 0 Å². The molecule has 1 aromatic rings. The molecule has 0 aliphatic heterocycles. The van der Waals surface area contributed by atoms with E-state index in [9.17, 15) is 0 Å². The lowest BCUT2D eigenvalue weighted by molar-refractivity contribution is 0.137. The molecule has 0 amide bonds. The molecule has 0 fully saturated rings. The molecule has 0 saturated heterocycles. The van der Waals surface area contributed by atoms with Gasteiger partial charge in [-0.15, -0.1) is 0 Å². The Kier molecular flexibility index (Phi) is 11.4. The molecule has 4 nitrogen and oxygen atoms in total. The van der Waals surface area contributed by atoms with E-state index in [1.807, 2.05) is 12.1 Å². The van der Waals surface area contributed by atoms with Crippen LogP contribution in [0.1, 0.15) is 31.7 Å². The fourth-order valence-electron chi connectivity index (χ4n) is 1.58. The molecule has 0 radical (unpaired) electrons. The molecule has 21 heavy (non-hydrogen) atoms. The molecule has 0 heterocycles. The van der Waals surface area contributed by atoms with Crippen LogP contribution in [0.5, 0.6) is 5.75 Å². The molecular formula is C17H24O4. The van der Waals surface area contributed by atoms with Crippen molar-refractivity contribution in [2.75, 3.05) is 7.11 Å². The van der Waals surface area contributed by atoms with E-state index >= 15 is 0 Å². The van der Waals surface area contributed by atoms with Crippen LogP contribution in [0.2, 0.25) is 0 Å². The number of carboxylic acid groups (broad SMARTS) is 2. The summed E-state index contributed by atoms with van der Waals surface area (Å²) >= 11 is 0. The monoisotopic (exact) mass is 292 g/mol. The van der Waals surface area contributed by atoms with Crippen LogP contribution in [-0.4, -0.2) is 23.5 Å². The molecule has 0 bridgehead atoms. The zero-order valence-corrected chi connectivity index (χ0v) is 12.7. The zero-order chi connectivity index (χ0) is 15.9. The molecular weight excluding hydrogens is 268 g/mol. The highest BCUT2D eigenvalue weighted by molar-refractivity contribution is 5.53. The van der Waals surface area contributed by atoms with Gasteiger partial charge in [0.15, 0.2) is 0 Å². The fraction of sp³-hybridized carbons (Fsp3) is 0.353. The van der Waals surface area contributed by atoms with Crippen molar-refractivity contribution < 1.29 is 19.7 Å². The van der Waals surface area contributed by atoms with Crippen molar-refractivity contribution in [2.24, 2.45) is 0 Å². The third-order valence-electron chi connectivity index (χ3n) is 2.60. The minimum atomic E-state index is -1.83. The number of methoxy groups -OCH3 is 1. The van der Waals surface area contributed by atoms with Gasteiger partial charge in [-0.2, -0.15) is 0 Å². The van der Waals surface area contributed by atoms with Crippen molar-refractivity contribution in [1.82, 2.24) is 0 Å². The fourth-order valence-corrected chi connectivity index (χ4v) is 1.58. The number of benzene rings is 1. The van der Waals surface area contributed by atoms with Crippen molar-refractivity contribution >= 4 is 6.16 Å². The predicted octanol–water partition coefficient (Wildman–Crippen LogP) is 4.76. The van der Waals surface area contributed by atoms with E-state index in [0.717, 1.165) is 12.2 Å². The highest BCUT2D eigenvalue weighted by atomic mass is 16.6. The zero-order valence-electron chi connectivity index (χ0n) is 12.7. The van der Waals surface area contributed by atoms with Gasteiger partial charge < -0.3 is 14.9 Å². The van der Waals surface area contributed by atoms with Gasteiger partial charge in [0.1, 0.15) is 5.75 Å². The summed E-state index contributed by atoms with van der Waals surface area (Å²) in [5, 5.41) is 13.9. The molecule has 116 valence electrons. The Morgan fingerprint density at radius 3 is 2.52 bits per heavy atom. The second-order valence-electron chi connectivity index (χ2n) is 4.34. The van der Waals surface area contributed by atoms with E-state index in [4.69, 9.17) is 19.7 Å². The summed E-state index contributed by atoms with van der Waals surface area (Å²) in [6, 6.07) is 8.19. The average Bonchev–Trinajstić information content (AvgIpc) is 2.46. The average molecular weight is 292 g/mol. The summed E-state index contributed by atoms with van der Waals surface area (Å²) < 4.78 is 5.19. The van der Waals surface area contributed by atoms with E-state index < -0.39 is 6.16 Å². The highest BCUT2D eigenvalue weighted by Gasteiger charge is 1.92. The number of ether oxygens (including phenoxy) is 1. The van der Waals surface area contributed by atoms with Gasteiger partial charge in [-0.25, -0.2) is 4.79 Å². The van der Waals surface area contributed by atoms with Gasteiger partial charge in [0.25, 0.3) is 0 Å². The minimum Gasteiger partial charge on any atom is -0.497 e. The number of rotatable bonds is 7. The lowest BCUT2D eigenvalue weighted by atomic mass is 10.1. The predicted molar refractivity (Wildman–Crippen MR) is 85.2 cm³/mol. The quantitative estimate of drug-likeness (QED) is 0.561. The summed E-state index contributed by atoms with van der Waals surface area (Å²) in [5.74, 6) is 0.925. The van der Waals surface area contributed by atoms with Gasteiger partial charge in [0.05, 0.1) is 7.11 Å². The number of unbranched alkanes of at least 4 members (excludes halogenated alkanes) is 2. The molecule has 0 atom stereocenters. The number of hydrogen-bond acceptors (Lipinski definition) is 2. The number of carbonyl (C=O) groups is 1. The Labute approximate surface area is 126 Å². The first-order valence-corrected chi connectivity index (χ1v) is 6.96. The third-order valence-corrected chi connectivity index (χ3v) is 2.60. The summed E-state index contributed by atoms with van der Waals surface area (Å²) in [6.07, 6.45) is 11.5. The normalized spacial score (nSPS) is 10.4. The van der Waals surface area contributed by atoms with Crippen molar-refractivity contribution in [3.63, 3.8) is 0 Å². The first-order valence-electron chi connectivity index (χ1n) is 6.96. The van der Waals surface area contributed by atoms with E-state index in [0.29, 0.717) is 0 Å². The molecule has 0 aliphatic rings. The maximum atomic E-state index is 8.56. The van der Waals surface area contributed by atoms with Gasteiger partial charge in [-0.3, -0.25) is 0 Å². The second-order valence-corrected chi connectivity index (χ2v) is 4.34. The van der Waals surface area contributed by atoms with Gasteiger partial charge >= 0.3 is 6.16 Å². The molecule has 4 heteroatoms. The van der Waals surface area contributed by atoms with Crippen LogP contribution in [-0.2, 0) is 6.42 Å². The van der Waals surface area contributed by atoms with Crippen LogP contribution in [0.25, 0.3) is 0 Å². The highest BCUT2D eigenvalue weighted by Crippen LogP contribution is 2.13. The SMILES string of the molecule is CCCC/C=C/C=C/Cc1cccc(OC)c1.O=C(O)O. The lowest BCUT2D eigenvalue weighted by Crippen LogP contribution is -1.85. The first kappa shape index (κ1) is 18.8. The summed E-state index contributed by atoms with van der Waals surface area (Å²) in [5.41, 5.74) is 1.28. The maximum Gasteiger partial charge on any atom is 0.503 e. The summed E-state index contributed by atoms with van der Waals surface area (Å²) in [4.78, 5) is 8.56. The van der Waals surface area contributed by atoms with Crippen LogP contribution in [0.15, 0.2) is 48.6 Å². The molecule has 0 aromatic heterocycles. The van der Waals surface area contributed by atoms with Gasteiger partial charge in [-0.05, 0) is 30.5 Å². The third kappa shape index (κ3) is 12.5. The number of allylic oxidation sites excluding steroid dienone is 4. The molecule has 2 N–H and O–H groups in total. The topological polar surface area (TPSA) is 66.8 Å². The summed E-state index contributed by atoms with van der Waals surface area (Å²) in [7, 11) is 1.70. The maximum absolute atomic E-state index is 8.56. The van der Waals surface area contributed by atoms with Crippen LogP contribution in [0.3, 0.4) is 0 Å². The van der Waals surface area contributed by atoms with Crippen molar-refractivity contribution in [3.8, 4) is 5.75 Å². The molecule has 0 aliphatic carbocycles. The Balaban J connectivity index is 0.000000885. The van der Waals surface area contributed by atoms with E-state index in [-0.39, 0.29) is 0 Å². The second kappa shape index (κ2) is 12.8. The molecule has 0 unspecified atom stereocenters. The van der Waals surface area contributed by atoms with E-state index in [2.05, 4.69) is 43.4 Å². The van der Waals surface area contributed by atoms with Crippen LogP contribution < -0.4 is 4.74 Å². The molecule has 0 saturated carbocycles. The Morgan fingerprint density at radius 1 is 1.24 bits per heavy atom. The Bertz CT molecular complexity index is 446. The van der Waals surface area contributed by atoms with E-state index in [1.165, 1.54) is 24.8 Å². The number of hydrogen-bond donors (Lipinski definition) is 2. The summed E-state index contributed by atoms with van der Waals surface area (Å²) in [6.45, 7) is 2.21. The van der Waals surface area contributed by atoms with Gasteiger partial charge in [0, 0.05) is 0 Å². The smallest absolute Gasteiger partial charge is 0.497 e.